The summed E-state index contributed by atoms with van der Waals surface area (Å²) in [5, 5.41) is 8.33. The van der Waals surface area contributed by atoms with E-state index in [1.54, 1.807) is 6.33 Å². The number of rotatable bonds is 5. The first-order valence-corrected chi connectivity index (χ1v) is 7.80. The number of hydrogen-bond acceptors (Lipinski definition) is 4. The highest BCUT2D eigenvalue weighted by atomic mass is 16.5. The quantitative estimate of drug-likeness (QED) is 0.614. The summed E-state index contributed by atoms with van der Waals surface area (Å²) in [6.07, 6.45) is 8.87. The minimum absolute atomic E-state index is 0.118. The predicted octanol–water partition coefficient (Wildman–Crippen LogP) is 2.84. The minimum atomic E-state index is -0.585. The highest BCUT2D eigenvalue weighted by Gasteiger charge is 2.45. The van der Waals surface area contributed by atoms with Crippen LogP contribution in [0.25, 0.3) is 0 Å². The molecular weight excluding hydrogens is 254 g/mol. The Morgan fingerprint density at radius 3 is 2.60 bits per heavy atom. The van der Waals surface area contributed by atoms with Crippen LogP contribution in [0.3, 0.4) is 0 Å². The predicted molar refractivity (Wildman–Crippen MR) is 76.3 cm³/mol. The summed E-state index contributed by atoms with van der Waals surface area (Å²) >= 11 is 0. The molecule has 1 heterocycles. The molecule has 1 aromatic rings. The molecule has 5 nitrogen and oxygen atoms in total. The first kappa shape index (κ1) is 15.0. The van der Waals surface area contributed by atoms with Crippen LogP contribution in [0.15, 0.2) is 6.33 Å². The molecule has 0 aliphatic heterocycles. The second kappa shape index (κ2) is 6.86. The van der Waals surface area contributed by atoms with E-state index in [1.807, 2.05) is 11.5 Å². The molecule has 1 saturated carbocycles. The van der Waals surface area contributed by atoms with Crippen LogP contribution in [0.5, 0.6) is 0 Å². The van der Waals surface area contributed by atoms with Gasteiger partial charge in [-0.3, -0.25) is 4.79 Å². The van der Waals surface area contributed by atoms with E-state index in [9.17, 15) is 4.79 Å². The highest BCUT2D eigenvalue weighted by Crippen LogP contribution is 2.38. The first-order valence-electron chi connectivity index (χ1n) is 7.80. The lowest BCUT2D eigenvalue weighted by atomic mass is 9.79. The molecule has 1 aliphatic carbocycles. The van der Waals surface area contributed by atoms with Crippen LogP contribution in [0, 0.1) is 0 Å². The topological polar surface area (TPSA) is 57.0 Å². The van der Waals surface area contributed by atoms with Gasteiger partial charge >= 0.3 is 5.97 Å². The van der Waals surface area contributed by atoms with Gasteiger partial charge in [-0.25, -0.2) is 0 Å². The third kappa shape index (κ3) is 2.86. The second-order valence-corrected chi connectivity index (χ2v) is 5.56. The Hall–Kier alpha value is -1.39. The molecule has 1 aliphatic rings. The molecule has 0 atom stereocenters. The maximum absolute atomic E-state index is 12.6. The van der Waals surface area contributed by atoms with Gasteiger partial charge in [0, 0.05) is 6.54 Å². The van der Waals surface area contributed by atoms with Crippen molar-refractivity contribution < 1.29 is 9.53 Å². The summed E-state index contributed by atoms with van der Waals surface area (Å²) in [7, 11) is 0. The van der Waals surface area contributed by atoms with Crippen molar-refractivity contribution in [3.05, 3.63) is 12.2 Å². The number of esters is 1. The highest BCUT2D eigenvalue weighted by molar-refractivity contribution is 5.82. The molecule has 0 aromatic carbocycles. The zero-order chi connectivity index (χ0) is 14.4. The van der Waals surface area contributed by atoms with E-state index in [0.717, 1.165) is 44.5 Å². The molecule has 1 aromatic heterocycles. The molecule has 0 bridgehead atoms. The van der Waals surface area contributed by atoms with Gasteiger partial charge in [-0.05, 0) is 26.2 Å². The van der Waals surface area contributed by atoms with Crippen molar-refractivity contribution in [3.8, 4) is 0 Å². The molecular formula is C15H25N3O2. The molecule has 2 rings (SSSR count). The zero-order valence-corrected chi connectivity index (χ0v) is 12.6. The van der Waals surface area contributed by atoms with Crippen molar-refractivity contribution in [2.45, 2.75) is 70.8 Å². The lowest BCUT2D eigenvalue weighted by Gasteiger charge is -2.29. The molecule has 0 spiro atoms. The maximum Gasteiger partial charge on any atom is 0.319 e. The molecule has 1 fully saturated rings. The number of aryl methyl sites for hydroxylation is 1. The largest absolute Gasteiger partial charge is 0.465 e. The van der Waals surface area contributed by atoms with Gasteiger partial charge < -0.3 is 9.30 Å². The van der Waals surface area contributed by atoms with Gasteiger partial charge in [0.1, 0.15) is 17.6 Å². The van der Waals surface area contributed by atoms with Crippen LogP contribution >= 0.6 is 0 Å². The van der Waals surface area contributed by atoms with Crippen LogP contribution in [-0.4, -0.2) is 27.3 Å². The summed E-state index contributed by atoms with van der Waals surface area (Å²) in [6, 6.07) is 0. The van der Waals surface area contributed by atoms with E-state index in [-0.39, 0.29) is 5.97 Å². The molecule has 20 heavy (non-hydrogen) atoms. The summed E-state index contributed by atoms with van der Waals surface area (Å²) in [4.78, 5) is 12.6. The van der Waals surface area contributed by atoms with Crippen LogP contribution in [-0.2, 0) is 21.5 Å². The second-order valence-electron chi connectivity index (χ2n) is 5.56. The van der Waals surface area contributed by atoms with Crippen LogP contribution in [0.2, 0.25) is 0 Å². The van der Waals surface area contributed by atoms with E-state index in [1.165, 1.54) is 12.8 Å². The van der Waals surface area contributed by atoms with Gasteiger partial charge in [0.25, 0.3) is 0 Å². The van der Waals surface area contributed by atoms with Crippen molar-refractivity contribution in [2.24, 2.45) is 0 Å². The lowest BCUT2D eigenvalue weighted by Crippen LogP contribution is -2.40. The molecule has 0 saturated heterocycles. The van der Waals surface area contributed by atoms with Crippen molar-refractivity contribution in [3.63, 3.8) is 0 Å². The minimum Gasteiger partial charge on any atom is -0.465 e. The lowest BCUT2D eigenvalue weighted by molar-refractivity contribution is -0.151. The van der Waals surface area contributed by atoms with E-state index < -0.39 is 5.41 Å². The first-order chi connectivity index (χ1) is 9.74. The number of nitrogens with zero attached hydrogens (tertiary/aromatic N) is 3. The third-order valence-corrected chi connectivity index (χ3v) is 4.13. The Morgan fingerprint density at radius 1 is 1.30 bits per heavy atom. The SMILES string of the molecule is CCCn1cnnc1C1(C(=O)OCC)CCCCCC1. The molecule has 0 amide bonds. The Morgan fingerprint density at radius 2 is 2.00 bits per heavy atom. The summed E-state index contributed by atoms with van der Waals surface area (Å²) < 4.78 is 7.41. The zero-order valence-electron chi connectivity index (χ0n) is 12.6. The van der Waals surface area contributed by atoms with Crippen LogP contribution in [0.4, 0.5) is 0 Å². The van der Waals surface area contributed by atoms with Crippen molar-refractivity contribution in [1.82, 2.24) is 14.8 Å². The molecule has 112 valence electrons. The van der Waals surface area contributed by atoms with E-state index in [0.29, 0.717) is 6.61 Å². The van der Waals surface area contributed by atoms with E-state index in [4.69, 9.17) is 4.74 Å². The monoisotopic (exact) mass is 279 g/mol. The van der Waals surface area contributed by atoms with Crippen molar-refractivity contribution in [2.75, 3.05) is 6.61 Å². The third-order valence-electron chi connectivity index (χ3n) is 4.13. The van der Waals surface area contributed by atoms with Gasteiger partial charge in [-0.15, -0.1) is 10.2 Å². The van der Waals surface area contributed by atoms with Crippen molar-refractivity contribution >= 4 is 5.97 Å². The fourth-order valence-corrected chi connectivity index (χ4v) is 3.15. The summed E-state index contributed by atoms with van der Waals surface area (Å²) in [6.45, 7) is 5.25. The van der Waals surface area contributed by atoms with Gasteiger partial charge in [0.2, 0.25) is 0 Å². The van der Waals surface area contributed by atoms with Crippen molar-refractivity contribution in [1.29, 1.82) is 0 Å². The van der Waals surface area contributed by atoms with E-state index in [2.05, 4.69) is 17.1 Å². The Kier molecular flexibility index (Phi) is 5.15. The average Bonchev–Trinajstić information content (AvgIpc) is 2.76. The van der Waals surface area contributed by atoms with Crippen LogP contribution < -0.4 is 0 Å². The van der Waals surface area contributed by atoms with Gasteiger partial charge in [0.05, 0.1) is 6.61 Å². The number of carbonyl (C=O) groups excluding carboxylic acids is 1. The van der Waals surface area contributed by atoms with Crippen LogP contribution in [0.1, 0.15) is 64.6 Å². The Bertz CT molecular complexity index is 434. The molecule has 5 heteroatoms. The standard InChI is InChI=1S/C15H25N3O2/c1-3-11-18-12-16-17-13(18)15(14(19)20-4-2)9-7-5-6-8-10-15/h12H,3-11H2,1-2H3. The number of carbonyl (C=O) groups is 1. The number of ether oxygens (including phenoxy) is 1. The molecule has 0 N–H and O–H groups in total. The summed E-state index contributed by atoms with van der Waals surface area (Å²) in [5.74, 6) is 0.687. The van der Waals surface area contributed by atoms with Gasteiger partial charge in [-0.2, -0.15) is 0 Å². The Balaban J connectivity index is 2.38. The number of aromatic nitrogens is 3. The Labute approximate surface area is 120 Å². The summed E-state index contributed by atoms with van der Waals surface area (Å²) in [5.41, 5.74) is -0.585. The normalized spacial score (nSPS) is 18.5. The van der Waals surface area contributed by atoms with Gasteiger partial charge in [0.15, 0.2) is 0 Å². The fourth-order valence-electron chi connectivity index (χ4n) is 3.15. The molecule has 0 unspecified atom stereocenters. The van der Waals surface area contributed by atoms with E-state index >= 15 is 0 Å². The smallest absolute Gasteiger partial charge is 0.319 e. The molecule has 0 radical (unpaired) electrons. The average molecular weight is 279 g/mol. The van der Waals surface area contributed by atoms with Gasteiger partial charge in [-0.1, -0.05) is 32.6 Å². The maximum atomic E-state index is 12.6. The number of hydrogen-bond donors (Lipinski definition) is 0. The fraction of sp³-hybridized carbons (Fsp3) is 0.800.